The average molecular weight is 347 g/mol. The van der Waals surface area contributed by atoms with Gasteiger partial charge in [-0.1, -0.05) is 18.2 Å². The molecule has 3 atom stereocenters. The van der Waals surface area contributed by atoms with Crippen LogP contribution in [0.25, 0.3) is 10.9 Å². The molecule has 0 bridgehead atoms. The number of carbonyl (C=O) groups excluding carboxylic acids is 2. The number of H-pyrrole nitrogens is 1. The van der Waals surface area contributed by atoms with E-state index >= 15 is 0 Å². The Morgan fingerprint density at radius 1 is 1.20 bits per heavy atom. The van der Waals surface area contributed by atoms with E-state index in [2.05, 4.69) is 15.6 Å². The number of amides is 2. The Kier molecular flexibility index (Phi) is 5.76. The van der Waals surface area contributed by atoms with Crippen molar-refractivity contribution in [3.8, 4) is 0 Å². The van der Waals surface area contributed by atoms with Crippen LogP contribution in [0, 0.1) is 0 Å². The van der Waals surface area contributed by atoms with E-state index in [4.69, 9.17) is 0 Å². The summed E-state index contributed by atoms with van der Waals surface area (Å²) in [5.74, 6) is -2.45. The number of hydrogen-bond acceptors (Lipinski definition) is 4. The number of aliphatic carboxylic acids is 1. The van der Waals surface area contributed by atoms with Crippen LogP contribution in [0.2, 0.25) is 0 Å². The smallest absolute Gasteiger partial charge is 0.326 e. The van der Waals surface area contributed by atoms with Gasteiger partial charge in [0.25, 0.3) is 0 Å². The lowest BCUT2D eigenvalue weighted by Gasteiger charge is -2.22. The molecule has 2 rings (SSSR count). The first-order valence-electron chi connectivity index (χ1n) is 7.83. The monoisotopic (exact) mass is 347 g/mol. The fraction of sp³-hybridized carbons (Fsp3) is 0.353. The van der Waals surface area contributed by atoms with Gasteiger partial charge in [0.05, 0.1) is 6.10 Å². The van der Waals surface area contributed by atoms with Crippen LogP contribution in [0.3, 0.4) is 0 Å². The van der Waals surface area contributed by atoms with Crippen molar-refractivity contribution in [2.75, 3.05) is 0 Å². The van der Waals surface area contributed by atoms with Crippen LogP contribution < -0.4 is 10.6 Å². The molecular formula is C17H21N3O5. The quantitative estimate of drug-likeness (QED) is 0.487. The van der Waals surface area contributed by atoms with Crippen LogP contribution in [0.4, 0.5) is 0 Å². The average Bonchev–Trinajstić information content (AvgIpc) is 2.94. The summed E-state index contributed by atoms with van der Waals surface area (Å²) in [6, 6.07) is 5.02. The van der Waals surface area contributed by atoms with E-state index in [-0.39, 0.29) is 6.42 Å². The highest BCUT2D eigenvalue weighted by atomic mass is 16.4. The molecule has 0 aliphatic carbocycles. The van der Waals surface area contributed by atoms with Gasteiger partial charge in [-0.05, 0) is 18.6 Å². The molecule has 0 spiro atoms. The minimum atomic E-state index is -1.22. The number of aromatic amines is 1. The second-order valence-electron chi connectivity index (χ2n) is 5.88. The second-order valence-corrected chi connectivity index (χ2v) is 5.88. The molecule has 1 heterocycles. The molecule has 0 aliphatic heterocycles. The fourth-order valence-corrected chi connectivity index (χ4v) is 2.61. The van der Waals surface area contributed by atoms with Gasteiger partial charge in [-0.15, -0.1) is 0 Å². The van der Waals surface area contributed by atoms with Gasteiger partial charge in [0, 0.05) is 30.4 Å². The number of para-hydroxylation sites is 1. The van der Waals surface area contributed by atoms with Gasteiger partial charge < -0.3 is 25.8 Å². The summed E-state index contributed by atoms with van der Waals surface area (Å²) in [7, 11) is 0. The lowest BCUT2D eigenvalue weighted by molar-refractivity contribution is -0.142. The molecule has 1 aromatic heterocycles. The summed E-state index contributed by atoms with van der Waals surface area (Å²) in [5.41, 5.74) is 1.62. The summed E-state index contributed by atoms with van der Waals surface area (Å²) in [5, 5.41) is 24.6. The molecule has 8 nitrogen and oxygen atoms in total. The van der Waals surface area contributed by atoms with Crippen molar-refractivity contribution in [2.45, 2.75) is 38.5 Å². The first kappa shape index (κ1) is 18.5. The zero-order valence-corrected chi connectivity index (χ0v) is 13.9. The number of carbonyl (C=O) groups is 3. The Morgan fingerprint density at radius 2 is 1.88 bits per heavy atom. The van der Waals surface area contributed by atoms with Crippen molar-refractivity contribution < 1.29 is 24.6 Å². The fourth-order valence-electron chi connectivity index (χ4n) is 2.61. The van der Waals surface area contributed by atoms with Gasteiger partial charge in [0.2, 0.25) is 11.8 Å². The van der Waals surface area contributed by atoms with Crippen LogP contribution in [-0.2, 0) is 20.8 Å². The zero-order valence-electron chi connectivity index (χ0n) is 13.9. The lowest BCUT2D eigenvalue weighted by Crippen LogP contribution is -2.55. The zero-order chi connectivity index (χ0) is 18.6. The highest BCUT2D eigenvalue weighted by molar-refractivity contribution is 5.91. The van der Waals surface area contributed by atoms with Crippen molar-refractivity contribution in [1.82, 2.24) is 15.6 Å². The standard InChI is InChI=1S/C17H21N3O5/c1-9(21)15(19-10(2)22)16(23)20-14(17(24)25)7-11-8-18-13-6-4-3-5-12(11)13/h3-6,8-9,14-15,18,21H,7H2,1-2H3,(H,19,22)(H,20,23)(H,24,25)/t9-,14-,15+/m1/s1. The molecule has 134 valence electrons. The molecule has 25 heavy (non-hydrogen) atoms. The summed E-state index contributed by atoms with van der Waals surface area (Å²) < 4.78 is 0. The summed E-state index contributed by atoms with van der Waals surface area (Å²) in [6.45, 7) is 2.55. The van der Waals surface area contributed by atoms with Crippen molar-refractivity contribution >= 4 is 28.7 Å². The third-order valence-corrected chi connectivity index (χ3v) is 3.84. The van der Waals surface area contributed by atoms with Gasteiger partial charge in [0.1, 0.15) is 12.1 Å². The van der Waals surface area contributed by atoms with Crippen LogP contribution in [0.1, 0.15) is 19.4 Å². The maximum absolute atomic E-state index is 12.3. The van der Waals surface area contributed by atoms with Crippen molar-refractivity contribution in [3.05, 3.63) is 36.0 Å². The molecule has 1 aromatic carbocycles. The van der Waals surface area contributed by atoms with Gasteiger partial charge >= 0.3 is 5.97 Å². The number of rotatable bonds is 7. The summed E-state index contributed by atoms with van der Waals surface area (Å²) in [6.07, 6.45) is 0.608. The van der Waals surface area contributed by atoms with Gasteiger partial charge in [-0.2, -0.15) is 0 Å². The number of benzene rings is 1. The SMILES string of the molecule is CC(=O)N[C@H](C(=O)N[C@H](Cc1c[nH]c2ccccc12)C(=O)O)[C@@H](C)O. The largest absolute Gasteiger partial charge is 0.480 e. The van der Waals surface area contributed by atoms with Gasteiger partial charge in [-0.25, -0.2) is 4.79 Å². The van der Waals surface area contributed by atoms with Crippen LogP contribution >= 0.6 is 0 Å². The Hall–Kier alpha value is -2.87. The molecular weight excluding hydrogens is 326 g/mol. The lowest BCUT2D eigenvalue weighted by atomic mass is 10.0. The normalized spacial score (nSPS) is 14.5. The van der Waals surface area contributed by atoms with E-state index < -0.39 is 36.0 Å². The number of nitrogens with one attached hydrogen (secondary N) is 3. The number of aromatic nitrogens is 1. The van der Waals surface area contributed by atoms with Crippen LogP contribution in [0.5, 0.6) is 0 Å². The molecule has 0 aliphatic rings. The number of hydrogen-bond donors (Lipinski definition) is 5. The summed E-state index contributed by atoms with van der Waals surface area (Å²) >= 11 is 0. The minimum Gasteiger partial charge on any atom is -0.480 e. The number of aliphatic hydroxyl groups excluding tert-OH is 1. The third-order valence-electron chi connectivity index (χ3n) is 3.84. The van der Waals surface area contributed by atoms with E-state index in [0.717, 1.165) is 16.5 Å². The Morgan fingerprint density at radius 3 is 2.48 bits per heavy atom. The first-order chi connectivity index (χ1) is 11.8. The highest BCUT2D eigenvalue weighted by Crippen LogP contribution is 2.19. The Labute approximate surface area is 144 Å². The topological polar surface area (TPSA) is 132 Å². The van der Waals surface area contributed by atoms with E-state index in [1.807, 2.05) is 24.3 Å². The molecule has 5 N–H and O–H groups in total. The molecule has 2 aromatic rings. The number of aliphatic hydroxyl groups is 1. The Balaban J connectivity index is 2.16. The van der Waals surface area contributed by atoms with Gasteiger partial charge in [-0.3, -0.25) is 9.59 Å². The predicted octanol–water partition coefficient (Wildman–Crippen LogP) is 0.165. The molecule has 0 fully saturated rings. The summed E-state index contributed by atoms with van der Waals surface area (Å²) in [4.78, 5) is 38.0. The van der Waals surface area contributed by atoms with Crippen molar-refractivity contribution in [2.24, 2.45) is 0 Å². The third kappa shape index (κ3) is 4.57. The molecule has 0 saturated carbocycles. The number of fused-ring (bicyclic) bond motifs is 1. The van der Waals surface area contributed by atoms with Crippen LogP contribution in [0.15, 0.2) is 30.5 Å². The van der Waals surface area contributed by atoms with E-state index in [9.17, 15) is 24.6 Å². The second kappa shape index (κ2) is 7.80. The van der Waals surface area contributed by atoms with Crippen LogP contribution in [-0.4, -0.2) is 51.2 Å². The highest BCUT2D eigenvalue weighted by Gasteiger charge is 2.29. The minimum absolute atomic E-state index is 0.0672. The van der Waals surface area contributed by atoms with Crippen molar-refractivity contribution in [1.29, 1.82) is 0 Å². The number of carboxylic acid groups (broad SMARTS) is 1. The molecule has 0 saturated heterocycles. The molecule has 0 unspecified atom stereocenters. The molecule has 0 radical (unpaired) electrons. The van der Waals surface area contributed by atoms with Gasteiger partial charge in [0.15, 0.2) is 0 Å². The van der Waals surface area contributed by atoms with E-state index in [1.165, 1.54) is 13.8 Å². The molecule has 8 heteroatoms. The van der Waals surface area contributed by atoms with E-state index in [0.29, 0.717) is 0 Å². The maximum Gasteiger partial charge on any atom is 0.326 e. The molecule has 2 amide bonds. The van der Waals surface area contributed by atoms with E-state index in [1.54, 1.807) is 6.20 Å². The Bertz CT molecular complexity index is 783. The maximum atomic E-state index is 12.3. The van der Waals surface area contributed by atoms with Crippen molar-refractivity contribution in [3.63, 3.8) is 0 Å². The number of carboxylic acids is 1. The predicted molar refractivity (Wildman–Crippen MR) is 90.9 cm³/mol. The first-order valence-corrected chi connectivity index (χ1v) is 7.83.